The van der Waals surface area contributed by atoms with E-state index in [2.05, 4.69) is 41.2 Å². The minimum atomic E-state index is -0.237. The molecule has 1 fully saturated rings. The fourth-order valence-corrected chi connectivity index (χ4v) is 2.81. The predicted molar refractivity (Wildman–Crippen MR) is 96.6 cm³/mol. The summed E-state index contributed by atoms with van der Waals surface area (Å²) in [5.74, 6) is 0.609. The first-order valence-corrected chi connectivity index (χ1v) is 8.44. The van der Waals surface area contributed by atoms with E-state index in [0.717, 1.165) is 24.6 Å². The number of hydrogen-bond acceptors (Lipinski definition) is 4. The first kappa shape index (κ1) is 16.4. The summed E-state index contributed by atoms with van der Waals surface area (Å²) >= 11 is 0. The lowest BCUT2D eigenvalue weighted by molar-refractivity contribution is 0.102. The Bertz CT molecular complexity index is 696. The Balaban J connectivity index is 1.66. The smallest absolute Gasteiger partial charge is 0.276 e. The van der Waals surface area contributed by atoms with Crippen LogP contribution >= 0.6 is 0 Å². The van der Waals surface area contributed by atoms with Gasteiger partial charge in [0, 0.05) is 18.8 Å². The van der Waals surface area contributed by atoms with Gasteiger partial charge in [-0.25, -0.2) is 0 Å². The van der Waals surface area contributed by atoms with Crippen molar-refractivity contribution < 1.29 is 4.79 Å². The number of benzene rings is 1. The van der Waals surface area contributed by atoms with Crippen LogP contribution in [0, 0.1) is 0 Å². The van der Waals surface area contributed by atoms with Gasteiger partial charge in [-0.05, 0) is 48.1 Å². The van der Waals surface area contributed by atoms with E-state index in [4.69, 9.17) is 0 Å². The first-order valence-electron chi connectivity index (χ1n) is 8.44. The molecule has 2 heterocycles. The van der Waals surface area contributed by atoms with Gasteiger partial charge in [0.1, 0.15) is 0 Å². The summed E-state index contributed by atoms with van der Waals surface area (Å²) in [5.41, 5.74) is 2.42. The first-order chi connectivity index (χ1) is 11.4. The molecule has 24 heavy (non-hydrogen) atoms. The highest BCUT2D eigenvalue weighted by molar-refractivity contribution is 6.02. The van der Waals surface area contributed by atoms with Crippen molar-refractivity contribution in [2.45, 2.75) is 39.0 Å². The second-order valence-electron chi connectivity index (χ2n) is 7.25. The number of nitrogens with zero attached hydrogens (tertiary/aromatic N) is 3. The van der Waals surface area contributed by atoms with Crippen molar-refractivity contribution in [2.75, 3.05) is 23.3 Å². The maximum atomic E-state index is 12.3. The van der Waals surface area contributed by atoms with Crippen LogP contribution in [0.5, 0.6) is 0 Å². The Kier molecular flexibility index (Phi) is 4.51. The standard InChI is InChI=1S/C19H24N4O/c1-19(2,3)14-6-8-15(9-7-14)20-18(24)16-10-11-17(22-21-16)23-12-4-5-13-23/h6-11H,4-5,12-13H2,1-3H3,(H,20,24). The van der Waals surface area contributed by atoms with Crippen molar-refractivity contribution in [1.29, 1.82) is 0 Å². The molecule has 126 valence electrons. The van der Waals surface area contributed by atoms with Gasteiger partial charge in [0.05, 0.1) is 0 Å². The monoisotopic (exact) mass is 324 g/mol. The van der Waals surface area contributed by atoms with Gasteiger partial charge >= 0.3 is 0 Å². The zero-order valence-corrected chi connectivity index (χ0v) is 14.5. The van der Waals surface area contributed by atoms with Gasteiger partial charge in [-0.3, -0.25) is 4.79 Å². The van der Waals surface area contributed by atoms with Crippen LogP contribution in [0.1, 0.15) is 49.7 Å². The van der Waals surface area contributed by atoms with Crippen molar-refractivity contribution in [2.24, 2.45) is 0 Å². The van der Waals surface area contributed by atoms with Crippen molar-refractivity contribution in [3.05, 3.63) is 47.7 Å². The van der Waals surface area contributed by atoms with Crippen LogP contribution < -0.4 is 10.2 Å². The highest BCUT2D eigenvalue weighted by Crippen LogP contribution is 2.23. The lowest BCUT2D eigenvalue weighted by atomic mass is 9.87. The molecule has 0 spiro atoms. The Morgan fingerprint density at radius 1 is 1.00 bits per heavy atom. The van der Waals surface area contributed by atoms with Gasteiger partial charge in [0.2, 0.25) is 0 Å². The van der Waals surface area contributed by atoms with Gasteiger partial charge in [-0.1, -0.05) is 32.9 Å². The molecule has 1 N–H and O–H groups in total. The van der Waals surface area contributed by atoms with E-state index in [9.17, 15) is 4.79 Å². The third kappa shape index (κ3) is 3.72. The molecule has 0 atom stereocenters. The van der Waals surface area contributed by atoms with Gasteiger partial charge in [-0.15, -0.1) is 10.2 Å². The number of hydrogen-bond donors (Lipinski definition) is 1. The number of carbonyl (C=O) groups excluding carboxylic acids is 1. The summed E-state index contributed by atoms with van der Waals surface area (Å²) in [4.78, 5) is 14.5. The average molecular weight is 324 g/mol. The molecule has 5 nitrogen and oxygen atoms in total. The summed E-state index contributed by atoms with van der Waals surface area (Å²) in [5, 5.41) is 11.1. The molecular weight excluding hydrogens is 300 g/mol. The van der Waals surface area contributed by atoms with Gasteiger partial charge in [0.15, 0.2) is 11.5 Å². The highest BCUT2D eigenvalue weighted by atomic mass is 16.1. The van der Waals surface area contributed by atoms with Crippen LogP contribution in [-0.4, -0.2) is 29.2 Å². The topological polar surface area (TPSA) is 58.1 Å². The Morgan fingerprint density at radius 3 is 2.21 bits per heavy atom. The number of rotatable bonds is 3. The summed E-state index contributed by atoms with van der Waals surface area (Å²) in [6.45, 7) is 8.52. The molecular formula is C19H24N4O. The summed E-state index contributed by atoms with van der Waals surface area (Å²) in [7, 11) is 0. The van der Waals surface area contributed by atoms with Crippen LogP contribution in [0.3, 0.4) is 0 Å². The molecule has 0 saturated carbocycles. The van der Waals surface area contributed by atoms with Crippen LogP contribution in [-0.2, 0) is 5.41 Å². The molecule has 1 aromatic heterocycles. The van der Waals surface area contributed by atoms with E-state index in [-0.39, 0.29) is 11.3 Å². The van der Waals surface area contributed by atoms with E-state index in [0.29, 0.717) is 5.69 Å². The minimum absolute atomic E-state index is 0.0966. The number of anilines is 2. The zero-order valence-electron chi connectivity index (χ0n) is 14.5. The van der Waals surface area contributed by atoms with E-state index >= 15 is 0 Å². The van der Waals surface area contributed by atoms with Crippen molar-refractivity contribution >= 4 is 17.4 Å². The molecule has 0 bridgehead atoms. The Labute approximate surface area is 143 Å². The molecule has 1 aliphatic heterocycles. The summed E-state index contributed by atoms with van der Waals surface area (Å²) in [6.07, 6.45) is 2.38. The SMILES string of the molecule is CC(C)(C)c1ccc(NC(=O)c2ccc(N3CCCC3)nn2)cc1. The second kappa shape index (κ2) is 6.59. The van der Waals surface area contributed by atoms with Crippen LogP contribution in [0.4, 0.5) is 11.5 Å². The normalized spacial score (nSPS) is 14.7. The van der Waals surface area contributed by atoms with Crippen molar-refractivity contribution in [3.8, 4) is 0 Å². The predicted octanol–water partition coefficient (Wildman–Crippen LogP) is 3.63. The third-order valence-corrected chi connectivity index (χ3v) is 4.32. The van der Waals surface area contributed by atoms with E-state index in [1.807, 2.05) is 30.3 Å². The van der Waals surface area contributed by atoms with Gasteiger partial charge < -0.3 is 10.2 Å². The molecule has 0 aliphatic carbocycles. The molecule has 0 radical (unpaired) electrons. The second-order valence-corrected chi connectivity index (χ2v) is 7.25. The van der Waals surface area contributed by atoms with E-state index in [1.54, 1.807) is 6.07 Å². The van der Waals surface area contributed by atoms with Crippen molar-refractivity contribution in [1.82, 2.24) is 10.2 Å². The molecule has 1 saturated heterocycles. The third-order valence-electron chi connectivity index (χ3n) is 4.32. The maximum absolute atomic E-state index is 12.3. The van der Waals surface area contributed by atoms with Crippen LogP contribution in [0.2, 0.25) is 0 Å². The molecule has 0 unspecified atom stereocenters. The van der Waals surface area contributed by atoms with Crippen molar-refractivity contribution in [3.63, 3.8) is 0 Å². The van der Waals surface area contributed by atoms with E-state index < -0.39 is 0 Å². The number of nitrogens with one attached hydrogen (secondary N) is 1. The maximum Gasteiger partial charge on any atom is 0.276 e. The summed E-state index contributed by atoms with van der Waals surface area (Å²) < 4.78 is 0. The minimum Gasteiger partial charge on any atom is -0.355 e. The molecule has 3 rings (SSSR count). The number of carbonyl (C=O) groups is 1. The fourth-order valence-electron chi connectivity index (χ4n) is 2.81. The average Bonchev–Trinajstić information content (AvgIpc) is 3.09. The highest BCUT2D eigenvalue weighted by Gasteiger charge is 2.16. The Morgan fingerprint density at radius 2 is 1.67 bits per heavy atom. The molecule has 2 aromatic rings. The zero-order chi connectivity index (χ0) is 17.2. The number of aromatic nitrogens is 2. The quantitative estimate of drug-likeness (QED) is 0.937. The molecule has 5 heteroatoms. The Hall–Kier alpha value is -2.43. The van der Waals surface area contributed by atoms with Gasteiger partial charge in [0.25, 0.3) is 5.91 Å². The summed E-state index contributed by atoms with van der Waals surface area (Å²) in [6, 6.07) is 11.5. The molecule has 1 aromatic carbocycles. The molecule has 1 aliphatic rings. The van der Waals surface area contributed by atoms with E-state index in [1.165, 1.54) is 18.4 Å². The van der Waals surface area contributed by atoms with Crippen LogP contribution in [0.25, 0.3) is 0 Å². The van der Waals surface area contributed by atoms with Crippen LogP contribution in [0.15, 0.2) is 36.4 Å². The lowest BCUT2D eigenvalue weighted by Gasteiger charge is -2.19. The lowest BCUT2D eigenvalue weighted by Crippen LogP contribution is -2.21. The fraction of sp³-hybridized carbons (Fsp3) is 0.421. The number of amides is 1. The van der Waals surface area contributed by atoms with Gasteiger partial charge in [-0.2, -0.15) is 0 Å². The largest absolute Gasteiger partial charge is 0.355 e. The molecule has 1 amide bonds.